The largest absolute Gasteiger partial charge is 0.737 e. The number of allylic oxidation sites excluding steroid dienone is 2. The van der Waals surface area contributed by atoms with Gasteiger partial charge in [-0.1, -0.05) is 26.0 Å². The highest BCUT2D eigenvalue weighted by atomic mass is 19.2. The first kappa shape index (κ1) is 19.7. The van der Waals surface area contributed by atoms with Gasteiger partial charge >= 0.3 is 6.97 Å². The van der Waals surface area contributed by atoms with Crippen molar-refractivity contribution in [3.05, 3.63) is 69.2 Å². The predicted molar refractivity (Wildman–Crippen MR) is 115 cm³/mol. The topological polar surface area (TPSA) is 28.2 Å². The van der Waals surface area contributed by atoms with E-state index in [1.54, 1.807) is 26.0 Å². The number of phenols is 1. The number of fused-ring (bicyclic) bond motifs is 2. The van der Waals surface area contributed by atoms with Crippen LogP contribution in [-0.4, -0.2) is 26.8 Å². The first-order valence-electron chi connectivity index (χ1n) is 10.3. The number of nitrogens with zero attached hydrogens (tertiary/aromatic N) is 2. The van der Waals surface area contributed by atoms with Gasteiger partial charge in [-0.25, -0.2) is 0 Å². The van der Waals surface area contributed by atoms with Crippen LogP contribution in [0.15, 0.2) is 41.1 Å². The molecular weight excluding hydrogens is 369 g/mol. The highest BCUT2D eigenvalue weighted by molar-refractivity contribution is 6.58. The number of phenolic OH excluding ortho intramolecular Hbond substituents is 1. The van der Waals surface area contributed by atoms with Crippen LogP contribution in [0.3, 0.4) is 0 Å². The van der Waals surface area contributed by atoms with E-state index in [0.717, 1.165) is 33.4 Å². The summed E-state index contributed by atoms with van der Waals surface area (Å²) in [6.07, 6.45) is 1.42. The summed E-state index contributed by atoms with van der Waals surface area (Å²) in [5, 5.41) is 9.77. The molecule has 0 bridgehead atoms. The molecule has 0 unspecified atom stereocenters. The summed E-state index contributed by atoms with van der Waals surface area (Å²) in [5.41, 5.74) is 7.92. The highest BCUT2D eigenvalue weighted by Gasteiger charge is 2.56. The maximum absolute atomic E-state index is 16.1. The number of aromatic nitrogens is 1. The first-order chi connectivity index (χ1) is 13.7. The van der Waals surface area contributed by atoms with Gasteiger partial charge in [0, 0.05) is 23.8 Å². The molecule has 3 heterocycles. The fourth-order valence-corrected chi connectivity index (χ4v) is 5.38. The van der Waals surface area contributed by atoms with Crippen molar-refractivity contribution in [3.63, 3.8) is 0 Å². The van der Waals surface area contributed by atoms with Gasteiger partial charge in [0.15, 0.2) is 5.70 Å². The zero-order valence-corrected chi connectivity index (χ0v) is 17.9. The molecule has 0 aliphatic carbocycles. The number of hydrogen-bond donors (Lipinski definition) is 1. The number of halogens is 2. The number of rotatable bonds is 3. The summed E-state index contributed by atoms with van der Waals surface area (Å²) < 4.78 is 34.7. The minimum absolute atomic E-state index is 0.162. The molecule has 2 aliphatic rings. The van der Waals surface area contributed by atoms with Gasteiger partial charge in [0.2, 0.25) is 0 Å². The van der Waals surface area contributed by atoms with Gasteiger partial charge in [-0.3, -0.25) is 0 Å². The van der Waals surface area contributed by atoms with Gasteiger partial charge in [-0.05, 0) is 68.1 Å². The molecule has 1 aromatic carbocycles. The molecular formula is C23H27BF2N2O. The van der Waals surface area contributed by atoms with E-state index in [4.69, 9.17) is 0 Å². The van der Waals surface area contributed by atoms with Crippen molar-refractivity contribution in [2.24, 2.45) is 0 Å². The van der Waals surface area contributed by atoms with E-state index < -0.39 is 6.97 Å². The molecule has 0 radical (unpaired) electrons. The quantitative estimate of drug-likeness (QED) is 0.674. The molecule has 3 nitrogen and oxygen atoms in total. The molecule has 29 heavy (non-hydrogen) atoms. The molecule has 1 aromatic heterocycles. The maximum atomic E-state index is 16.1. The van der Waals surface area contributed by atoms with Crippen molar-refractivity contribution in [1.82, 2.24) is 4.48 Å². The lowest BCUT2D eigenvalue weighted by molar-refractivity contribution is -0.363. The Morgan fingerprint density at radius 2 is 1.62 bits per heavy atom. The molecule has 0 fully saturated rings. The average molecular weight is 396 g/mol. The molecule has 0 atom stereocenters. The smallest absolute Gasteiger partial charge is 0.508 e. The Kier molecular flexibility index (Phi) is 4.37. The Labute approximate surface area is 170 Å². The minimum Gasteiger partial charge on any atom is -0.508 e. The van der Waals surface area contributed by atoms with Gasteiger partial charge in [0.05, 0.1) is 5.57 Å². The first-order valence-corrected chi connectivity index (χ1v) is 10.3. The number of hydrogen-bond acceptors (Lipinski definition) is 1. The fourth-order valence-electron chi connectivity index (χ4n) is 5.38. The van der Waals surface area contributed by atoms with Crippen LogP contribution in [0, 0.1) is 13.8 Å². The Morgan fingerprint density at radius 1 is 1.00 bits per heavy atom. The summed E-state index contributed by atoms with van der Waals surface area (Å²) >= 11 is 0. The second-order valence-corrected chi connectivity index (χ2v) is 8.03. The molecule has 2 aliphatic heterocycles. The third-order valence-corrected chi connectivity index (χ3v) is 6.65. The van der Waals surface area contributed by atoms with Crippen molar-refractivity contribution in [2.75, 3.05) is 0 Å². The van der Waals surface area contributed by atoms with E-state index in [1.165, 1.54) is 8.96 Å². The van der Waals surface area contributed by atoms with E-state index >= 15 is 8.63 Å². The van der Waals surface area contributed by atoms with E-state index in [-0.39, 0.29) is 5.75 Å². The van der Waals surface area contributed by atoms with E-state index in [2.05, 4.69) is 0 Å². The summed E-state index contributed by atoms with van der Waals surface area (Å²) in [5.74, 6) is 0.162. The lowest BCUT2D eigenvalue weighted by Crippen LogP contribution is -2.51. The Morgan fingerprint density at radius 3 is 2.17 bits per heavy atom. The van der Waals surface area contributed by atoms with Gasteiger partial charge in [-0.2, -0.15) is 0 Å². The summed E-state index contributed by atoms with van der Waals surface area (Å²) in [6.45, 7) is 7.53. The third-order valence-electron chi connectivity index (χ3n) is 6.65. The van der Waals surface area contributed by atoms with Crippen LogP contribution in [0.1, 0.15) is 62.2 Å². The fraction of sp³-hybridized carbons (Fsp3) is 0.348. The lowest BCUT2D eigenvalue weighted by Gasteiger charge is -2.34. The number of aromatic hydroxyl groups is 1. The van der Waals surface area contributed by atoms with Crippen LogP contribution in [0.2, 0.25) is 0 Å². The molecule has 0 saturated carbocycles. The van der Waals surface area contributed by atoms with Gasteiger partial charge < -0.3 is 22.7 Å². The van der Waals surface area contributed by atoms with E-state index in [0.29, 0.717) is 35.6 Å². The van der Waals surface area contributed by atoms with Crippen LogP contribution in [-0.2, 0) is 6.42 Å². The second-order valence-electron chi connectivity index (χ2n) is 8.03. The zero-order chi connectivity index (χ0) is 21.2. The monoisotopic (exact) mass is 396 g/mol. The van der Waals surface area contributed by atoms with E-state index in [1.807, 2.05) is 39.8 Å². The molecule has 0 amide bonds. The van der Waals surface area contributed by atoms with Gasteiger partial charge in [0.1, 0.15) is 11.5 Å². The van der Waals surface area contributed by atoms with Crippen molar-refractivity contribution < 1.29 is 18.2 Å². The molecule has 6 heteroatoms. The van der Waals surface area contributed by atoms with Crippen molar-refractivity contribution >= 4 is 18.3 Å². The van der Waals surface area contributed by atoms with E-state index in [9.17, 15) is 5.11 Å². The molecule has 0 saturated heterocycles. The normalized spacial score (nSPS) is 17.9. The summed E-state index contributed by atoms with van der Waals surface area (Å²) in [7, 11) is 0. The maximum Gasteiger partial charge on any atom is 0.737 e. The summed E-state index contributed by atoms with van der Waals surface area (Å²) in [4.78, 5) is 0. The Balaban J connectivity index is 2.22. The predicted octanol–water partition coefficient (Wildman–Crippen LogP) is 5.58. The van der Waals surface area contributed by atoms with Crippen molar-refractivity contribution in [1.29, 1.82) is 0 Å². The highest BCUT2D eigenvalue weighted by Crippen LogP contribution is 2.47. The zero-order valence-electron chi connectivity index (χ0n) is 17.9. The second kappa shape index (κ2) is 6.44. The van der Waals surface area contributed by atoms with Crippen molar-refractivity contribution in [2.45, 2.75) is 54.4 Å². The molecule has 152 valence electrons. The van der Waals surface area contributed by atoms with Crippen LogP contribution >= 0.6 is 0 Å². The molecule has 4 rings (SSSR count). The lowest BCUT2D eigenvalue weighted by atomic mass is 9.83. The number of benzene rings is 1. The van der Waals surface area contributed by atoms with Crippen LogP contribution in [0.5, 0.6) is 5.75 Å². The molecule has 0 spiro atoms. The Bertz CT molecular complexity index is 1130. The van der Waals surface area contributed by atoms with Crippen LogP contribution < -0.4 is 0 Å². The molecule has 1 N–H and O–H groups in total. The van der Waals surface area contributed by atoms with Crippen LogP contribution in [0.4, 0.5) is 8.63 Å². The van der Waals surface area contributed by atoms with Crippen LogP contribution in [0.25, 0.3) is 5.57 Å². The molecule has 2 aromatic rings. The Hall–Kier alpha value is -2.63. The summed E-state index contributed by atoms with van der Waals surface area (Å²) in [6, 6.07) is 6.87. The van der Waals surface area contributed by atoms with Crippen molar-refractivity contribution in [3.8, 4) is 5.75 Å². The third kappa shape index (κ3) is 2.44. The standard InChI is InChI=1S/C23H27BF2N2O/c1-7-19-13(3)22-21(17-9-11-18(29)12-10-17)23-14(4)20(8-2)16(6)28(23)24(25,26)27(22)15(19)5/h9-12,29H,7-8H2,1-6H3. The SMILES string of the molecule is CCC1=C(C)C2=C(c3ccc(O)cc3)c3c(C)c(CC)c(C)n3[B-](F)(F)[N+]2=C1C. The van der Waals surface area contributed by atoms with Gasteiger partial charge in [-0.15, -0.1) is 0 Å². The van der Waals surface area contributed by atoms with Gasteiger partial charge in [0.25, 0.3) is 0 Å². The minimum atomic E-state index is -4.00. The average Bonchev–Trinajstić information content (AvgIpc) is 3.08.